The fourth-order valence-corrected chi connectivity index (χ4v) is 2.88. The maximum Gasteiger partial charge on any atom is 0.325 e. The molecule has 2 aromatic rings. The van der Waals surface area contributed by atoms with Crippen LogP contribution in [-0.4, -0.2) is 21.1 Å². The van der Waals surface area contributed by atoms with Gasteiger partial charge in [-0.2, -0.15) is 0 Å². The van der Waals surface area contributed by atoms with E-state index in [1.807, 2.05) is 12.1 Å². The SMILES string of the molecule is CCc1ccc(Cc2ccc(O)c(CCP(=O)(O)O)c2)cc1. The Hall–Kier alpha value is -1.61. The third-order valence-corrected chi connectivity index (χ3v) is 4.46. The van der Waals surface area contributed by atoms with Gasteiger partial charge in [0.2, 0.25) is 0 Å². The lowest BCUT2D eigenvalue weighted by Crippen LogP contribution is -1.96. The average Bonchev–Trinajstić information content (AvgIpc) is 2.48. The molecule has 0 heterocycles. The molecular weight excluding hydrogens is 299 g/mol. The quantitative estimate of drug-likeness (QED) is 0.714. The van der Waals surface area contributed by atoms with Crippen LogP contribution < -0.4 is 0 Å². The molecule has 0 unspecified atom stereocenters. The maximum absolute atomic E-state index is 11.0. The molecule has 0 aromatic heterocycles. The van der Waals surface area contributed by atoms with Crippen molar-refractivity contribution < 1.29 is 19.5 Å². The summed E-state index contributed by atoms with van der Waals surface area (Å²) >= 11 is 0. The van der Waals surface area contributed by atoms with Crippen molar-refractivity contribution in [3.63, 3.8) is 0 Å². The van der Waals surface area contributed by atoms with Gasteiger partial charge >= 0.3 is 7.60 Å². The normalized spacial score (nSPS) is 11.6. The Morgan fingerprint density at radius 3 is 2.14 bits per heavy atom. The van der Waals surface area contributed by atoms with Crippen LogP contribution in [-0.2, 0) is 23.8 Å². The fraction of sp³-hybridized carbons (Fsp3) is 0.294. The first kappa shape index (κ1) is 16.8. The number of hydrogen-bond acceptors (Lipinski definition) is 2. The van der Waals surface area contributed by atoms with Crippen molar-refractivity contribution >= 4 is 7.60 Å². The van der Waals surface area contributed by atoms with Crippen molar-refractivity contribution in [1.82, 2.24) is 0 Å². The molecule has 0 radical (unpaired) electrons. The Morgan fingerprint density at radius 2 is 1.55 bits per heavy atom. The van der Waals surface area contributed by atoms with Crippen LogP contribution in [0.25, 0.3) is 0 Å². The molecule has 0 saturated heterocycles. The molecule has 0 aliphatic carbocycles. The molecule has 0 aliphatic rings. The summed E-state index contributed by atoms with van der Waals surface area (Å²) in [5, 5.41) is 9.81. The highest BCUT2D eigenvalue weighted by molar-refractivity contribution is 7.51. The topological polar surface area (TPSA) is 77.8 Å². The second-order valence-corrected chi connectivity index (χ2v) is 7.22. The second-order valence-electron chi connectivity index (χ2n) is 5.45. The predicted molar refractivity (Wildman–Crippen MR) is 87.3 cm³/mol. The van der Waals surface area contributed by atoms with Gasteiger partial charge in [0.1, 0.15) is 5.75 Å². The van der Waals surface area contributed by atoms with E-state index in [1.165, 1.54) is 11.1 Å². The van der Waals surface area contributed by atoms with E-state index >= 15 is 0 Å². The molecule has 0 amide bonds. The van der Waals surface area contributed by atoms with Gasteiger partial charge in [-0.25, -0.2) is 0 Å². The largest absolute Gasteiger partial charge is 0.508 e. The summed E-state index contributed by atoms with van der Waals surface area (Å²) in [4.78, 5) is 17.9. The molecule has 0 aliphatic heterocycles. The molecule has 0 atom stereocenters. The highest BCUT2D eigenvalue weighted by atomic mass is 31.2. The van der Waals surface area contributed by atoms with Gasteiger partial charge < -0.3 is 14.9 Å². The zero-order chi connectivity index (χ0) is 16.2. The van der Waals surface area contributed by atoms with E-state index < -0.39 is 7.60 Å². The van der Waals surface area contributed by atoms with Crippen molar-refractivity contribution in [3.8, 4) is 5.75 Å². The van der Waals surface area contributed by atoms with Gasteiger partial charge in [0.05, 0.1) is 6.16 Å². The smallest absolute Gasteiger partial charge is 0.325 e. The third kappa shape index (κ3) is 4.99. The van der Waals surface area contributed by atoms with Crippen molar-refractivity contribution in [2.24, 2.45) is 0 Å². The number of aromatic hydroxyl groups is 1. The molecule has 3 N–H and O–H groups in total. The Kier molecular flexibility index (Phi) is 5.41. The molecule has 118 valence electrons. The van der Waals surface area contributed by atoms with E-state index in [0.29, 0.717) is 5.56 Å². The van der Waals surface area contributed by atoms with Crippen LogP contribution in [0.2, 0.25) is 0 Å². The van der Waals surface area contributed by atoms with Crippen LogP contribution in [0.3, 0.4) is 0 Å². The number of hydrogen-bond donors (Lipinski definition) is 3. The molecule has 0 bridgehead atoms. The van der Waals surface area contributed by atoms with E-state index in [2.05, 4.69) is 31.2 Å². The van der Waals surface area contributed by atoms with Gasteiger partial charge in [0, 0.05) is 0 Å². The number of benzene rings is 2. The van der Waals surface area contributed by atoms with Crippen LogP contribution in [0.1, 0.15) is 29.2 Å². The van der Waals surface area contributed by atoms with Crippen LogP contribution in [0.5, 0.6) is 5.75 Å². The first-order chi connectivity index (χ1) is 10.4. The Bertz CT molecular complexity index is 674. The van der Waals surface area contributed by atoms with Crippen LogP contribution >= 0.6 is 7.60 Å². The molecule has 0 fully saturated rings. The minimum atomic E-state index is -4.05. The number of phenols is 1. The molecule has 0 spiro atoms. The fourth-order valence-electron chi connectivity index (χ4n) is 2.34. The van der Waals surface area contributed by atoms with Crippen LogP contribution in [0.15, 0.2) is 42.5 Å². The average molecular weight is 320 g/mol. The van der Waals surface area contributed by atoms with Crippen molar-refractivity contribution in [2.45, 2.75) is 26.2 Å². The molecule has 0 saturated carbocycles. The second kappa shape index (κ2) is 7.10. The monoisotopic (exact) mass is 320 g/mol. The van der Waals surface area contributed by atoms with E-state index in [-0.39, 0.29) is 18.3 Å². The molecular formula is C17H21O4P. The molecule has 5 heteroatoms. The molecule has 22 heavy (non-hydrogen) atoms. The standard InChI is InChI=1S/C17H21O4P/c1-2-13-3-5-14(6-4-13)11-15-7-8-17(18)16(12-15)9-10-22(19,20)21/h3-8,12,18H,2,9-11H2,1H3,(H2,19,20,21). The first-order valence-electron chi connectivity index (χ1n) is 7.30. The first-order valence-corrected chi connectivity index (χ1v) is 9.10. The molecule has 2 aromatic carbocycles. The summed E-state index contributed by atoms with van der Waals surface area (Å²) in [6.45, 7) is 2.11. The maximum atomic E-state index is 11.0. The highest BCUT2D eigenvalue weighted by Crippen LogP contribution is 2.36. The van der Waals surface area contributed by atoms with E-state index in [9.17, 15) is 9.67 Å². The minimum Gasteiger partial charge on any atom is -0.508 e. The van der Waals surface area contributed by atoms with Gasteiger partial charge in [0.25, 0.3) is 0 Å². The summed E-state index contributed by atoms with van der Waals surface area (Å²) in [6, 6.07) is 13.6. The Balaban J connectivity index is 2.12. The summed E-state index contributed by atoms with van der Waals surface area (Å²) in [6.07, 6.45) is 1.65. The third-order valence-electron chi connectivity index (χ3n) is 3.66. The molecule has 4 nitrogen and oxygen atoms in total. The highest BCUT2D eigenvalue weighted by Gasteiger charge is 2.14. The van der Waals surface area contributed by atoms with Gasteiger partial charge in [-0.05, 0) is 47.6 Å². The number of phenolic OH excluding ortho intramolecular Hbond substituents is 1. The Morgan fingerprint density at radius 1 is 0.955 bits per heavy atom. The van der Waals surface area contributed by atoms with Crippen molar-refractivity contribution in [3.05, 3.63) is 64.7 Å². The summed E-state index contributed by atoms with van der Waals surface area (Å²) in [5.41, 5.74) is 4.05. The van der Waals surface area contributed by atoms with Gasteiger partial charge in [-0.15, -0.1) is 0 Å². The van der Waals surface area contributed by atoms with Crippen LogP contribution in [0, 0.1) is 0 Å². The van der Waals surface area contributed by atoms with Crippen LogP contribution in [0.4, 0.5) is 0 Å². The molecule has 2 rings (SSSR count). The van der Waals surface area contributed by atoms with E-state index in [0.717, 1.165) is 18.4 Å². The Labute approximate surface area is 130 Å². The summed E-state index contributed by atoms with van der Waals surface area (Å²) in [7, 11) is -4.05. The number of aryl methyl sites for hydroxylation is 2. The van der Waals surface area contributed by atoms with Crippen molar-refractivity contribution in [1.29, 1.82) is 0 Å². The summed E-state index contributed by atoms with van der Waals surface area (Å²) in [5.74, 6) is 0.0820. The summed E-state index contributed by atoms with van der Waals surface area (Å²) < 4.78 is 11.0. The zero-order valence-corrected chi connectivity index (χ0v) is 13.5. The lowest BCUT2D eigenvalue weighted by Gasteiger charge is -2.09. The van der Waals surface area contributed by atoms with E-state index in [1.54, 1.807) is 6.07 Å². The van der Waals surface area contributed by atoms with E-state index in [4.69, 9.17) is 9.79 Å². The lowest BCUT2D eigenvalue weighted by atomic mass is 10.00. The lowest BCUT2D eigenvalue weighted by molar-refractivity contribution is 0.372. The zero-order valence-electron chi connectivity index (χ0n) is 12.6. The van der Waals surface area contributed by atoms with Gasteiger partial charge in [-0.1, -0.05) is 43.3 Å². The minimum absolute atomic E-state index is 0.0820. The van der Waals surface area contributed by atoms with Crippen molar-refractivity contribution in [2.75, 3.05) is 6.16 Å². The van der Waals surface area contributed by atoms with Gasteiger partial charge in [0.15, 0.2) is 0 Å². The van der Waals surface area contributed by atoms with Gasteiger partial charge in [-0.3, -0.25) is 4.57 Å². The number of rotatable bonds is 6. The predicted octanol–water partition coefficient (Wildman–Crippen LogP) is 3.27.